The lowest BCUT2D eigenvalue weighted by Gasteiger charge is -2.32. The Balaban J connectivity index is 0.000000290. The molecule has 1 atom stereocenters. The summed E-state index contributed by atoms with van der Waals surface area (Å²) in [5.41, 5.74) is 3.19. The number of likely N-dealkylation sites (tertiary alicyclic amines) is 1. The lowest BCUT2D eigenvalue weighted by atomic mass is 9.91. The zero-order valence-corrected chi connectivity index (χ0v) is 18.4. The third-order valence-electron chi connectivity index (χ3n) is 6.40. The fourth-order valence-electron chi connectivity index (χ4n) is 4.29. The Labute approximate surface area is 180 Å². The van der Waals surface area contributed by atoms with Crippen LogP contribution in [0.25, 0.3) is 0 Å². The summed E-state index contributed by atoms with van der Waals surface area (Å²) in [4.78, 5) is 13.4. The molecule has 29 heavy (non-hydrogen) atoms. The van der Waals surface area contributed by atoms with Gasteiger partial charge in [-0.05, 0) is 74.7 Å². The molecular weight excluding hydrogens is 380 g/mol. The Morgan fingerprint density at radius 2 is 1.76 bits per heavy atom. The predicted molar refractivity (Wildman–Crippen MR) is 121 cm³/mol. The van der Waals surface area contributed by atoms with Crippen molar-refractivity contribution in [3.05, 3.63) is 70.7 Å². The summed E-state index contributed by atoms with van der Waals surface area (Å²) in [5.74, 6) is 1.04. The van der Waals surface area contributed by atoms with E-state index in [1.165, 1.54) is 30.4 Å². The minimum Gasteiger partial charge on any atom is -0.343 e. The second-order valence-corrected chi connectivity index (χ2v) is 8.94. The maximum Gasteiger partial charge on any atom is 0.219 e. The Hall–Kier alpha value is -1.84. The minimum absolute atomic E-state index is 0.230. The maximum atomic E-state index is 11.4. The van der Waals surface area contributed by atoms with Crippen molar-refractivity contribution in [2.24, 2.45) is 11.3 Å². The number of benzene rings is 2. The molecule has 0 bridgehead atoms. The lowest BCUT2D eigenvalue weighted by molar-refractivity contribution is -0.130. The molecule has 2 aromatic carbocycles. The summed E-state index contributed by atoms with van der Waals surface area (Å²) < 4.78 is 0. The molecule has 1 saturated carbocycles. The summed E-state index contributed by atoms with van der Waals surface area (Å²) in [5, 5.41) is 4.40. The molecule has 1 unspecified atom stereocenters. The van der Waals surface area contributed by atoms with E-state index in [0.717, 1.165) is 43.5 Å². The Kier molecular flexibility index (Phi) is 7.74. The number of aryl methyl sites for hydroxylation is 1. The number of rotatable bonds is 5. The molecule has 1 saturated heterocycles. The first kappa shape index (κ1) is 21.9. The van der Waals surface area contributed by atoms with E-state index in [2.05, 4.69) is 36.5 Å². The lowest BCUT2D eigenvalue weighted by Crippen LogP contribution is -2.38. The van der Waals surface area contributed by atoms with Crippen molar-refractivity contribution in [1.29, 1.82) is 0 Å². The van der Waals surface area contributed by atoms with E-state index in [-0.39, 0.29) is 5.91 Å². The van der Waals surface area contributed by atoms with E-state index in [1.54, 1.807) is 6.92 Å². The van der Waals surface area contributed by atoms with Crippen LogP contribution < -0.4 is 5.32 Å². The number of halogens is 1. The molecule has 1 heterocycles. The summed E-state index contributed by atoms with van der Waals surface area (Å²) in [6.07, 6.45) is 4.77. The molecule has 1 aliphatic heterocycles. The van der Waals surface area contributed by atoms with Gasteiger partial charge in [-0.25, -0.2) is 0 Å². The number of amides is 1. The number of carbonyl (C=O) groups is 1. The van der Waals surface area contributed by atoms with Crippen LogP contribution in [0.4, 0.5) is 0 Å². The van der Waals surface area contributed by atoms with Gasteiger partial charge in [0.1, 0.15) is 0 Å². The average Bonchev–Trinajstić information content (AvgIpc) is 3.39. The molecule has 4 heteroatoms. The van der Waals surface area contributed by atoms with Crippen molar-refractivity contribution in [1.82, 2.24) is 10.2 Å². The van der Waals surface area contributed by atoms with Crippen LogP contribution in [0.1, 0.15) is 37.3 Å². The highest BCUT2D eigenvalue weighted by Crippen LogP contribution is 2.58. The van der Waals surface area contributed by atoms with E-state index in [9.17, 15) is 4.79 Å². The fourth-order valence-corrected chi connectivity index (χ4v) is 4.42. The standard InChI is InChI=1S/C18H25ClN2O.C7H8/c1-14(22)21-10-7-18(8-11-21)12-16(18)13-20-9-6-15-2-4-17(19)5-3-15;1-7-5-3-2-4-6-7/h2-5,16,20H,6-13H2,1H3;2-6H,1H3. The van der Waals surface area contributed by atoms with Gasteiger partial charge >= 0.3 is 0 Å². The number of hydrogen-bond acceptors (Lipinski definition) is 2. The van der Waals surface area contributed by atoms with E-state index in [4.69, 9.17) is 11.6 Å². The Bertz CT molecular complexity index is 767. The first-order valence-corrected chi connectivity index (χ1v) is 11.1. The number of nitrogens with one attached hydrogen (secondary N) is 1. The van der Waals surface area contributed by atoms with Crippen molar-refractivity contribution >= 4 is 17.5 Å². The molecule has 2 fully saturated rings. The SMILES string of the molecule is CC(=O)N1CCC2(CC1)CC2CNCCc1ccc(Cl)cc1.Cc1ccccc1. The fraction of sp³-hybridized carbons (Fsp3) is 0.480. The van der Waals surface area contributed by atoms with Gasteiger partial charge in [0.2, 0.25) is 5.91 Å². The Morgan fingerprint density at radius 3 is 2.31 bits per heavy atom. The zero-order valence-electron chi connectivity index (χ0n) is 17.7. The maximum absolute atomic E-state index is 11.4. The summed E-state index contributed by atoms with van der Waals surface area (Å²) >= 11 is 5.90. The van der Waals surface area contributed by atoms with Crippen molar-refractivity contribution < 1.29 is 4.79 Å². The predicted octanol–water partition coefficient (Wildman–Crippen LogP) is 5.12. The van der Waals surface area contributed by atoms with Crippen LogP contribution in [0.2, 0.25) is 5.02 Å². The van der Waals surface area contributed by atoms with Crippen molar-refractivity contribution in [3.8, 4) is 0 Å². The molecule has 0 aromatic heterocycles. The Morgan fingerprint density at radius 1 is 1.10 bits per heavy atom. The van der Waals surface area contributed by atoms with Gasteiger partial charge in [-0.15, -0.1) is 0 Å². The molecule has 1 spiro atoms. The third-order valence-corrected chi connectivity index (χ3v) is 6.65. The van der Waals surface area contributed by atoms with Gasteiger partial charge < -0.3 is 10.2 Å². The molecule has 4 rings (SSSR count). The molecule has 2 aromatic rings. The van der Waals surface area contributed by atoms with Gasteiger partial charge in [0.15, 0.2) is 0 Å². The average molecular weight is 413 g/mol. The van der Waals surface area contributed by atoms with Crippen LogP contribution >= 0.6 is 11.6 Å². The second-order valence-electron chi connectivity index (χ2n) is 8.50. The number of nitrogens with zero attached hydrogens (tertiary/aromatic N) is 1. The highest BCUT2D eigenvalue weighted by atomic mass is 35.5. The zero-order chi connectivity index (χ0) is 20.7. The molecule has 2 aliphatic rings. The van der Waals surface area contributed by atoms with Crippen LogP contribution in [0, 0.1) is 18.3 Å². The largest absolute Gasteiger partial charge is 0.343 e. The van der Waals surface area contributed by atoms with E-state index in [1.807, 2.05) is 35.2 Å². The molecule has 0 radical (unpaired) electrons. The molecule has 3 nitrogen and oxygen atoms in total. The molecular formula is C25H33ClN2O. The van der Waals surface area contributed by atoms with Gasteiger partial charge in [0.25, 0.3) is 0 Å². The smallest absolute Gasteiger partial charge is 0.219 e. The van der Waals surface area contributed by atoms with E-state index >= 15 is 0 Å². The highest BCUT2D eigenvalue weighted by Gasteiger charge is 2.54. The summed E-state index contributed by atoms with van der Waals surface area (Å²) in [6.45, 7) is 7.81. The van der Waals surface area contributed by atoms with Crippen molar-refractivity contribution in [2.75, 3.05) is 26.2 Å². The monoisotopic (exact) mass is 412 g/mol. The van der Waals surface area contributed by atoms with Crippen molar-refractivity contribution in [3.63, 3.8) is 0 Å². The molecule has 1 aliphatic carbocycles. The van der Waals surface area contributed by atoms with Gasteiger partial charge in [-0.2, -0.15) is 0 Å². The molecule has 1 N–H and O–H groups in total. The van der Waals surface area contributed by atoms with Crippen LogP contribution in [-0.2, 0) is 11.2 Å². The quantitative estimate of drug-likeness (QED) is 0.691. The van der Waals surface area contributed by atoms with Gasteiger partial charge in [-0.1, -0.05) is 59.6 Å². The third kappa shape index (κ3) is 6.58. The van der Waals surface area contributed by atoms with E-state index in [0.29, 0.717) is 5.41 Å². The van der Waals surface area contributed by atoms with Gasteiger partial charge in [0, 0.05) is 25.0 Å². The first-order valence-electron chi connectivity index (χ1n) is 10.7. The molecule has 1 amide bonds. The van der Waals surface area contributed by atoms with Crippen molar-refractivity contribution in [2.45, 2.75) is 39.5 Å². The number of piperidine rings is 1. The van der Waals surface area contributed by atoms with Gasteiger partial charge in [-0.3, -0.25) is 4.79 Å². The second kappa shape index (κ2) is 10.3. The van der Waals surface area contributed by atoms with Crippen LogP contribution in [-0.4, -0.2) is 37.0 Å². The molecule has 156 valence electrons. The van der Waals surface area contributed by atoms with Crippen LogP contribution in [0.3, 0.4) is 0 Å². The summed E-state index contributed by atoms with van der Waals surface area (Å²) in [6, 6.07) is 18.4. The first-order chi connectivity index (χ1) is 14.0. The normalized spacial score (nSPS) is 19.4. The van der Waals surface area contributed by atoms with Crippen LogP contribution in [0.5, 0.6) is 0 Å². The van der Waals surface area contributed by atoms with Crippen LogP contribution in [0.15, 0.2) is 54.6 Å². The topological polar surface area (TPSA) is 32.3 Å². The number of hydrogen-bond donors (Lipinski definition) is 1. The summed E-state index contributed by atoms with van der Waals surface area (Å²) in [7, 11) is 0. The highest BCUT2D eigenvalue weighted by molar-refractivity contribution is 6.30. The minimum atomic E-state index is 0.230. The van der Waals surface area contributed by atoms with Gasteiger partial charge in [0.05, 0.1) is 0 Å². The number of carbonyl (C=O) groups excluding carboxylic acids is 1. The van der Waals surface area contributed by atoms with E-state index < -0.39 is 0 Å².